The Kier molecular flexibility index (Phi) is 4.97. The largest absolute Gasteiger partial charge is 0.345 e. The van der Waals surface area contributed by atoms with Crippen molar-refractivity contribution in [3.63, 3.8) is 0 Å². The van der Waals surface area contributed by atoms with Gasteiger partial charge in [-0.05, 0) is 43.0 Å². The predicted octanol–water partition coefficient (Wildman–Crippen LogP) is 3.16. The third-order valence-electron chi connectivity index (χ3n) is 4.25. The first-order valence-corrected chi connectivity index (χ1v) is 8.40. The first kappa shape index (κ1) is 17.0. The Labute approximate surface area is 147 Å². The van der Waals surface area contributed by atoms with Crippen LogP contribution >= 0.6 is 0 Å². The Morgan fingerprint density at radius 1 is 1.16 bits per heavy atom. The second-order valence-electron chi connectivity index (χ2n) is 6.30. The third kappa shape index (κ3) is 3.79. The van der Waals surface area contributed by atoms with Crippen LogP contribution in [0.5, 0.6) is 0 Å². The Morgan fingerprint density at radius 2 is 1.96 bits per heavy atom. The van der Waals surface area contributed by atoms with Crippen molar-refractivity contribution in [2.24, 2.45) is 0 Å². The van der Waals surface area contributed by atoms with E-state index in [1.54, 1.807) is 31.1 Å². The molecular weight excluding hydrogens is 316 g/mol. The summed E-state index contributed by atoms with van der Waals surface area (Å²) in [5.74, 6) is 0.248. The Bertz CT molecular complexity index is 788. The fourth-order valence-corrected chi connectivity index (χ4v) is 2.97. The number of fused-ring (bicyclic) bond motifs is 1. The van der Waals surface area contributed by atoms with Gasteiger partial charge in [0, 0.05) is 38.1 Å². The summed E-state index contributed by atoms with van der Waals surface area (Å²) >= 11 is 0. The van der Waals surface area contributed by atoms with Gasteiger partial charge in [0.25, 0.3) is 5.91 Å². The van der Waals surface area contributed by atoms with E-state index in [9.17, 15) is 9.59 Å². The van der Waals surface area contributed by atoms with Crippen LogP contribution in [0.2, 0.25) is 0 Å². The van der Waals surface area contributed by atoms with Crippen molar-refractivity contribution < 1.29 is 9.59 Å². The minimum absolute atomic E-state index is 0.127. The number of benzene rings is 1. The summed E-state index contributed by atoms with van der Waals surface area (Å²) in [6.07, 6.45) is 4.52. The van der Waals surface area contributed by atoms with Gasteiger partial charge in [-0.25, -0.2) is 9.78 Å². The average Bonchev–Trinajstić information content (AvgIpc) is 2.83. The maximum Gasteiger partial charge on any atom is 0.327 e. The molecule has 130 valence electrons. The topological polar surface area (TPSA) is 65.5 Å². The number of hydrogen-bond acceptors (Lipinski definition) is 3. The molecular formula is C19H22N4O2. The predicted molar refractivity (Wildman–Crippen MR) is 98.0 cm³/mol. The zero-order chi connectivity index (χ0) is 17.8. The molecule has 0 unspecified atom stereocenters. The Morgan fingerprint density at radius 3 is 2.76 bits per heavy atom. The molecule has 1 aliphatic heterocycles. The SMILES string of the molecule is CN(C)C(=O)c1ccnc(NC(=O)N2CCCCc3ccccc32)c1. The van der Waals surface area contributed by atoms with E-state index >= 15 is 0 Å². The van der Waals surface area contributed by atoms with E-state index in [2.05, 4.69) is 16.4 Å². The molecule has 0 bridgehead atoms. The number of aryl methyl sites for hydroxylation is 1. The monoisotopic (exact) mass is 338 g/mol. The number of carbonyl (C=O) groups excluding carboxylic acids is 2. The molecule has 0 saturated carbocycles. The second-order valence-corrected chi connectivity index (χ2v) is 6.30. The zero-order valence-corrected chi connectivity index (χ0v) is 14.5. The number of nitrogens with one attached hydrogen (secondary N) is 1. The molecule has 25 heavy (non-hydrogen) atoms. The van der Waals surface area contributed by atoms with E-state index in [1.165, 1.54) is 16.7 Å². The molecule has 0 spiro atoms. The molecule has 0 fully saturated rings. The normalized spacial score (nSPS) is 13.6. The van der Waals surface area contributed by atoms with Gasteiger partial charge in [0.05, 0.1) is 0 Å². The first-order valence-electron chi connectivity index (χ1n) is 8.40. The fourth-order valence-electron chi connectivity index (χ4n) is 2.97. The van der Waals surface area contributed by atoms with E-state index < -0.39 is 0 Å². The summed E-state index contributed by atoms with van der Waals surface area (Å²) in [7, 11) is 3.38. The van der Waals surface area contributed by atoms with Crippen molar-refractivity contribution >= 4 is 23.4 Å². The summed E-state index contributed by atoms with van der Waals surface area (Å²) in [5, 5.41) is 2.82. The number of anilines is 2. The van der Waals surface area contributed by atoms with Crippen molar-refractivity contribution in [1.29, 1.82) is 0 Å². The van der Waals surface area contributed by atoms with Gasteiger partial charge in [-0.1, -0.05) is 18.2 Å². The van der Waals surface area contributed by atoms with Crippen LogP contribution in [0.15, 0.2) is 42.6 Å². The lowest BCUT2D eigenvalue weighted by Crippen LogP contribution is -2.36. The summed E-state index contributed by atoms with van der Waals surface area (Å²) in [6, 6.07) is 11.0. The lowest BCUT2D eigenvalue weighted by atomic mass is 10.1. The quantitative estimate of drug-likeness (QED) is 0.915. The van der Waals surface area contributed by atoms with Crippen molar-refractivity contribution in [3.8, 4) is 0 Å². The highest BCUT2D eigenvalue weighted by Gasteiger charge is 2.21. The summed E-state index contributed by atoms with van der Waals surface area (Å²) in [6.45, 7) is 0.666. The van der Waals surface area contributed by atoms with Crippen molar-refractivity contribution in [2.45, 2.75) is 19.3 Å². The molecule has 3 rings (SSSR count). The maximum atomic E-state index is 12.8. The number of urea groups is 1. The average molecular weight is 338 g/mol. The molecule has 0 atom stereocenters. The molecule has 0 aliphatic carbocycles. The van der Waals surface area contributed by atoms with E-state index in [0.29, 0.717) is 17.9 Å². The fraction of sp³-hybridized carbons (Fsp3) is 0.316. The van der Waals surface area contributed by atoms with E-state index in [-0.39, 0.29) is 11.9 Å². The van der Waals surface area contributed by atoms with E-state index in [1.807, 2.05) is 18.2 Å². The Balaban J connectivity index is 1.81. The van der Waals surface area contributed by atoms with Crippen LogP contribution < -0.4 is 10.2 Å². The number of amides is 3. The van der Waals surface area contributed by atoms with Crippen LogP contribution in [-0.2, 0) is 6.42 Å². The van der Waals surface area contributed by atoms with Gasteiger partial charge >= 0.3 is 6.03 Å². The molecule has 0 saturated heterocycles. The van der Waals surface area contributed by atoms with Crippen LogP contribution in [0.4, 0.5) is 16.3 Å². The van der Waals surface area contributed by atoms with E-state index in [0.717, 1.165) is 24.9 Å². The first-order chi connectivity index (χ1) is 12.1. The number of rotatable bonds is 2. The number of aromatic nitrogens is 1. The van der Waals surface area contributed by atoms with Gasteiger partial charge in [0.1, 0.15) is 5.82 Å². The van der Waals surface area contributed by atoms with Gasteiger partial charge in [-0.3, -0.25) is 15.0 Å². The molecule has 2 aromatic rings. The van der Waals surface area contributed by atoms with Crippen LogP contribution in [0, 0.1) is 0 Å². The third-order valence-corrected chi connectivity index (χ3v) is 4.25. The molecule has 6 heteroatoms. The highest BCUT2D eigenvalue weighted by Crippen LogP contribution is 2.26. The summed E-state index contributed by atoms with van der Waals surface area (Å²) in [4.78, 5) is 32.3. The molecule has 3 amide bonds. The molecule has 1 N–H and O–H groups in total. The Hall–Kier alpha value is -2.89. The van der Waals surface area contributed by atoms with Crippen LogP contribution in [-0.4, -0.2) is 42.5 Å². The van der Waals surface area contributed by atoms with Gasteiger partial charge in [0.15, 0.2) is 0 Å². The van der Waals surface area contributed by atoms with Crippen molar-refractivity contribution in [3.05, 3.63) is 53.7 Å². The number of nitrogens with zero attached hydrogens (tertiary/aromatic N) is 3. The van der Waals surface area contributed by atoms with Gasteiger partial charge in [-0.2, -0.15) is 0 Å². The van der Waals surface area contributed by atoms with Gasteiger partial charge < -0.3 is 4.90 Å². The lowest BCUT2D eigenvalue weighted by Gasteiger charge is -2.23. The van der Waals surface area contributed by atoms with E-state index in [4.69, 9.17) is 0 Å². The number of carbonyl (C=O) groups is 2. The summed E-state index contributed by atoms with van der Waals surface area (Å²) < 4.78 is 0. The molecule has 0 radical (unpaired) electrons. The maximum absolute atomic E-state index is 12.8. The number of pyridine rings is 1. The molecule has 1 aromatic carbocycles. The van der Waals surface area contributed by atoms with Crippen LogP contribution in [0.25, 0.3) is 0 Å². The molecule has 1 aromatic heterocycles. The number of hydrogen-bond donors (Lipinski definition) is 1. The summed E-state index contributed by atoms with van der Waals surface area (Å²) in [5.41, 5.74) is 2.62. The minimum Gasteiger partial charge on any atom is -0.345 e. The lowest BCUT2D eigenvalue weighted by molar-refractivity contribution is 0.0827. The molecule has 2 heterocycles. The second kappa shape index (κ2) is 7.34. The van der Waals surface area contributed by atoms with Gasteiger partial charge in [0.2, 0.25) is 0 Å². The molecule has 6 nitrogen and oxygen atoms in total. The van der Waals surface area contributed by atoms with Crippen LogP contribution in [0.1, 0.15) is 28.8 Å². The highest BCUT2D eigenvalue weighted by atomic mass is 16.2. The van der Waals surface area contributed by atoms with Gasteiger partial charge in [-0.15, -0.1) is 0 Å². The highest BCUT2D eigenvalue weighted by molar-refractivity contribution is 6.02. The minimum atomic E-state index is -0.226. The zero-order valence-electron chi connectivity index (χ0n) is 14.5. The van der Waals surface area contributed by atoms with Crippen LogP contribution in [0.3, 0.4) is 0 Å². The molecule has 1 aliphatic rings. The van der Waals surface area contributed by atoms with Crippen molar-refractivity contribution in [2.75, 3.05) is 30.9 Å². The smallest absolute Gasteiger partial charge is 0.327 e. The van der Waals surface area contributed by atoms with Crippen molar-refractivity contribution in [1.82, 2.24) is 9.88 Å². The number of para-hydroxylation sites is 1. The standard InChI is InChI=1S/C19H22N4O2/c1-22(2)18(24)15-10-11-20-17(13-15)21-19(25)23-12-6-5-8-14-7-3-4-9-16(14)23/h3-4,7,9-11,13H,5-6,8,12H2,1-2H3,(H,20,21,25).